The monoisotopic (exact) mass is 206 g/mol. The first-order valence-corrected chi connectivity index (χ1v) is 4.86. The molecule has 0 aliphatic carbocycles. The highest BCUT2D eigenvalue weighted by molar-refractivity contribution is 6.02. The van der Waals surface area contributed by atoms with E-state index in [2.05, 4.69) is 0 Å². The highest BCUT2D eigenvalue weighted by atomic mass is 16.5. The maximum absolute atomic E-state index is 11.4. The van der Waals surface area contributed by atoms with E-state index in [0.29, 0.717) is 11.8 Å². The molecule has 0 heterocycles. The summed E-state index contributed by atoms with van der Waals surface area (Å²) in [7, 11) is 1.60. The highest BCUT2D eigenvalue weighted by Crippen LogP contribution is 2.20. The Hall–Kier alpha value is -1.64. The van der Waals surface area contributed by atoms with Crippen LogP contribution in [0.25, 0.3) is 0 Å². The van der Waals surface area contributed by atoms with E-state index < -0.39 is 0 Å². The van der Waals surface area contributed by atoms with Crippen LogP contribution in [-0.4, -0.2) is 19.2 Å². The van der Waals surface area contributed by atoms with Crippen molar-refractivity contribution in [2.24, 2.45) is 0 Å². The summed E-state index contributed by atoms with van der Waals surface area (Å²) in [6, 6.07) is 5.23. The zero-order valence-corrected chi connectivity index (χ0v) is 8.95. The average Bonchev–Trinajstić information content (AvgIpc) is 2.28. The molecule has 0 bridgehead atoms. The first-order chi connectivity index (χ1) is 7.22. The zero-order valence-electron chi connectivity index (χ0n) is 8.95. The van der Waals surface area contributed by atoms with Gasteiger partial charge in [0.1, 0.15) is 12.0 Å². The molecule has 0 atom stereocenters. The van der Waals surface area contributed by atoms with Gasteiger partial charge in [0.05, 0.1) is 13.5 Å². The lowest BCUT2D eigenvalue weighted by molar-refractivity contribution is -0.107. The molecule has 0 aliphatic rings. The Balaban J connectivity index is 3.02. The van der Waals surface area contributed by atoms with Crippen LogP contribution in [0.3, 0.4) is 0 Å². The van der Waals surface area contributed by atoms with Crippen LogP contribution < -0.4 is 4.74 Å². The molecule has 1 rings (SSSR count). The van der Waals surface area contributed by atoms with Crippen LogP contribution in [0.2, 0.25) is 0 Å². The molecule has 0 amide bonds. The normalized spacial score (nSPS) is 9.73. The van der Waals surface area contributed by atoms with Gasteiger partial charge in [0.25, 0.3) is 0 Å². The van der Waals surface area contributed by atoms with Crippen molar-refractivity contribution in [3.63, 3.8) is 0 Å². The number of hydrogen-bond acceptors (Lipinski definition) is 3. The second-order valence-corrected chi connectivity index (χ2v) is 3.17. The van der Waals surface area contributed by atoms with E-state index in [1.54, 1.807) is 25.3 Å². The molecule has 0 unspecified atom stereocenters. The molecule has 0 saturated carbocycles. The molecule has 0 radical (unpaired) electrons. The minimum absolute atomic E-state index is 0.0600. The van der Waals surface area contributed by atoms with Crippen LogP contribution in [0.5, 0.6) is 5.75 Å². The van der Waals surface area contributed by atoms with Gasteiger partial charge in [-0.3, -0.25) is 4.79 Å². The van der Waals surface area contributed by atoms with Crippen molar-refractivity contribution in [3.8, 4) is 5.75 Å². The summed E-state index contributed by atoms with van der Waals surface area (Å²) in [6.07, 6.45) is 1.36. The fraction of sp³-hybridized carbons (Fsp3) is 0.333. The van der Waals surface area contributed by atoms with Gasteiger partial charge >= 0.3 is 0 Å². The van der Waals surface area contributed by atoms with Gasteiger partial charge in [0.2, 0.25) is 0 Å². The fourth-order valence-electron chi connectivity index (χ4n) is 1.42. The number of methoxy groups -OCH3 is 1. The van der Waals surface area contributed by atoms with Gasteiger partial charge < -0.3 is 9.53 Å². The van der Waals surface area contributed by atoms with Crippen molar-refractivity contribution in [2.75, 3.05) is 7.11 Å². The van der Waals surface area contributed by atoms with E-state index in [0.717, 1.165) is 17.7 Å². The summed E-state index contributed by atoms with van der Waals surface area (Å²) in [5.74, 6) is 0.627. The molecule has 15 heavy (non-hydrogen) atoms. The summed E-state index contributed by atoms with van der Waals surface area (Å²) in [5, 5.41) is 0. The summed E-state index contributed by atoms with van der Waals surface area (Å²) in [5.41, 5.74) is 1.55. The van der Waals surface area contributed by atoms with Gasteiger partial charge in [-0.25, -0.2) is 0 Å². The van der Waals surface area contributed by atoms with Crippen molar-refractivity contribution in [3.05, 3.63) is 29.3 Å². The first-order valence-electron chi connectivity index (χ1n) is 4.86. The predicted octanol–water partition coefficient (Wildman–Crippen LogP) is 2.03. The number of ether oxygens (including phenoxy) is 1. The molecular weight excluding hydrogens is 192 g/mol. The third-order valence-electron chi connectivity index (χ3n) is 2.25. The number of carbonyl (C=O) groups excluding carboxylic acids is 2. The number of rotatable bonds is 5. The van der Waals surface area contributed by atoms with Crippen molar-refractivity contribution in [1.29, 1.82) is 0 Å². The van der Waals surface area contributed by atoms with Crippen molar-refractivity contribution < 1.29 is 14.3 Å². The van der Waals surface area contributed by atoms with Crippen LogP contribution in [-0.2, 0) is 11.2 Å². The van der Waals surface area contributed by atoms with Crippen LogP contribution in [0.4, 0.5) is 0 Å². The summed E-state index contributed by atoms with van der Waals surface area (Å²) < 4.78 is 5.15. The number of aldehydes is 1. The van der Waals surface area contributed by atoms with Gasteiger partial charge in [-0.15, -0.1) is 0 Å². The lowest BCUT2D eigenvalue weighted by Crippen LogP contribution is -2.01. The topological polar surface area (TPSA) is 43.4 Å². The van der Waals surface area contributed by atoms with Crippen molar-refractivity contribution >= 4 is 12.1 Å². The summed E-state index contributed by atoms with van der Waals surface area (Å²) in [6.45, 7) is 1.99. The van der Waals surface area contributed by atoms with E-state index in [1.165, 1.54) is 0 Å². The first kappa shape index (κ1) is 11.4. The molecule has 80 valence electrons. The SMILES string of the molecule is CCc1cc(C(=O)CC=O)ccc1OC. The Morgan fingerprint density at radius 1 is 1.47 bits per heavy atom. The standard InChI is InChI=1S/C12H14O3/c1-3-9-8-10(11(14)6-7-13)4-5-12(9)15-2/h4-5,7-8H,3,6H2,1-2H3. The highest BCUT2D eigenvalue weighted by Gasteiger charge is 2.08. The van der Waals surface area contributed by atoms with Gasteiger partial charge in [-0.1, -0.05) is 6.92 Å². The maximum Gasteiger partial charge on any atom is 0.169 e. The number of ketones is 1. The second kappa shape index (κ2) is 5.29. The van der Waals surface area contributed by atoms with Gasteiger partial charge in [0, 0.05) is 5.56 Å². The van der Waals surface area contributed by atoms with E-state index in [9.17, 15) is 9.59 Å². The molecular formula is C12H14O3. The lowest BCUT2D eigenvalue weighted by Gasteiger charge is -2.07. The minimum atomic E-state index is -0.151. The number of carbonyl (C=O) groups is 2. The number of benzene rings is 1. The fourth-order valence-corrected chi connectivity index (χ4v) is 1.42. The van der Waals surface area contributed by atoms with Crippen molar-refractivity contribution in [1.82, 2.24) is 0 Å². The smallest absolute Gasteiger partial charge is 0.169 e. The Labute approximate surface area is 89.1 Å². The molecule has 0 fully saturated rings. The number of hydrogen-bond donors (Lipinski definition) is 0. The van der Waals surface area contributed by atoms with Crippen LogP contribution in [0, 0.1) is 0 Å². The number of aryl methyl sites for hydroxylation is 1. The van der Waals surface area contributed by atoms with Crippen LogP contribution in [0.1, 0.15) is 29.3 Å². The van der Waals surface area contributed by atoms with E-state index >= 15 is 0 Å². The molecule has 0 N–H and O–H groups in total. The molecule has 0 spiro atoms. The summed E-state index contributed by atoms with van der Waals surface area (Å²) in [4.78, 5) is 21.7. The zero-order chi connectivity index (χ0) is 11.3. The van der Waals surface area contributed by atoms with Crippen LogP contribution in [0.15, 0.2) is 18.2 Å². The molecule has 0 aromatic heterocycles. The molecule has 3 heteroatoms. The van der Waals surface area contributed by atoms with E-state index in [4.69, 9.17) is 4.74 Å². The molecule has 3 nitrogen and oxygen atoms in total. The van der Waals surface area contributed by atoms with E-state index in [1.807, 2.05) is 6.92 Å². The maximum atomic E-state index is 11.4. The van der Waals surface area contributed by atoms with Gasteiger partial charge in [-0.05, 0) is 30.2 Å². The van der Waals surface area contributed by atoms with Crippen LogP contribution >= 0.6 is 0 Å². The third kappa shape index (κ3) is 2.65. The largest absolute Gasteiger partial charge is 0.496 e. The minimum Gasteiger partial charge on any atom is -0.496 e. The Bertz CT molecular complexity index is 369. The lowest BCUT2D eigenvalue weighted by atomic mass is 10.0. The Kier molecular flexibility index (Phi) is 4.03. The second-order valence-electron chi connectivity index (χ2n) is 3.17. The van der Waals surface area contributed by atoms with Crippen molar-refractivity contribution in [2.45, 2.75) is 19.8 Å². The van der Waals surface area contributed by atoms with Gasteiger partial charge in [0.15, 0.2) is 5.78 Å². The quantitative estimate of drug-likeness (QED) is 0.420. The van der Waals surface area contributed by atoms with Gasteiger partial charge in [-0.2, -0.15) is 0 Å². The number of Topliss-reactive ketones (excluding diaryl/α,β-unsaturated/α-hetero) is 1. The third-order valence-corrected chi connectivity index (χ3v) is 2.25. The molecule has 0 aliphatic heterocycles. The molecule has 0 saturated heterocycles. The average molecular weight is 206 g/mol. The predicted molar refractivity (Wildman–Crippen MR) is 57.4 cm³/mol. The Morgan fingerprint density at radius 2 is 2.20 bits per heavy atom. The molecule has 1 aromatic carbocycles. The Morgan fingerprint density at radius 3 is 2.73 bits per heavy atom. The van der Waals surface area contributed by atoms with E-state index in [-0.39, 0.29) is 12.2 Å². The summed E-state index contributed by atoms with van der Waals surface area (Å²) >= 11 is 0. The molecule has 1 aromatic rings.